The van der Waals surface area contributed by atoms with Crippen LogP contribution in [0.5, 0.6) is 0 Å². The van der Waals surface area contributed by atoms with Crippen molar-refractivity contribution in [2.75, 3.05) is 6.54 Å². The van der Waals surface area contributed by atoms with E-state index in [9.17, 15) is 4.79 Å². The summed E-state index contributed by atoms with van der Waals surface area (Å²) in [6.45, 7) is 0.463. The lowest BCUT2D eigenvalue weighted by molar-refractivity contribution is -0.137. The van der Waals surface area contributed by atoms with Gasteiger partial charge in [0.2, 0.25) is 5.89 Å². The summed E-state index contributed by atoms with van der Waals surface area (Å²) in [6, 6.07) is 0. The highest BCUT2D eigenvalue weighted by Gasteiger charge is 2.22. The summed E-state index contributed by atoms with van der Waals surface area (Å²) >= 11 is 0. The van der Waals surface area contributed by atoms with Crippen LogP contribution >= 0.6 is 0 Å². The zero-order chi connectivity index (χ0) is 15.8. The van der Waals surface area contributed by atoms with Gasteiger partial charge in [-0.3, -0.25) is 4.79 Å². The van der Waals surface area contributed by atoms with E-state index in [-0.39, 0.29) is 12.3 Å². The number of rotatable bonds is 9. The lowest BCUT2D eigenvalue weighted by Crippen LogP contribution is -2.10. The molecule has 0 amide bonds. The van der Waals surface area contributed by atoms with Crippen molar-refractivity contribution in [1.82, 2.24) is 10.1 Å². The van der Waals surface area contributed by atoms with Gasteiger partial charge in [-0.1, -0.05) is 50.1 Å². The summed E-state index contributed by atoms with van der Waals surface area (Å²) in [6.07, 6.45) is 10.3. The fraction of sp³-hybridized carbons (Fsp3) is 0.812. The first kappa shape index (κ1) is 16.9. The van der Waals surface area contributed by atoms with Gasteiger partial charge in [0.05, 0.1) is 6.42 Å². The topological polar surface area (TPSA) is 102 Å². The standard InChI is InChI=1S/C16H27N3O3/c17-10-9-14-18-16(22-19-14)13(11-15(20)21)8-4-7-12-5-2-1-3-6-12/h12-13H,1-11,17H2,(H,20,21). The molecule has 1 aliphatic carbocycles. The van der Waals surface area contributed by atoms with Crippen LogP contribution in [0.1, 0.15) is 75.4 Å². The Hall–Kier alpha value is -1.43. The molecule has 1 atom stereocenters. The average molecular weight is 309 g/mol. The van der Waals surface area contributed by atoms with Gasteiger partial charge in [-0.25, -0.2) is 0 Å². The summed E-state index contributed by atoms with van der Waals surface area (Å²) in [5, 5.41) is 13.0. The minimum atomic E-state index is -0.818. The Morgan fingerprint density at radius 3 is 2.82 bits per heavy atom. The predicted octanol–water partition coefficient (Wildman–Crippen LogP) is 2.88. The quantitative estimate of drug-likeness (QED) is 0.727. The fourth-order valence-corrected chi connectivity index (χ4v) is 3.32. The van der Waals surface area contributed by atoms with E-state index in [0.717, 1.165) is 18.8 Å². The van der Waals surface area contributed by atoms with Gasteiger partial charge >= 0.3 is 5.97 Å². The van der Waals surface area contributed by atoms with Gasteiger partial charge in [-0.05, 0) is 18.9 Å². The molecule has 124 valence electrons. The number of aliphatic carboxylic acids is 1. The number of nitrogens with zero attached hydrogens (tertiary/aromatic N) is 2. The predicted molar refractivity (Wildman–Crippen MR) is 82.5 cm³/mol. The van der Waals surface area contributed by atoms with E-state index in [4.69, 9.17) is 15.4 Å². The van der Waals surface area contributed by atoms with Crippen LogP contribution in [-0.4, -0.2) is 27.8 Å². The van der Waals surface area contributed by atoms with Gasteiger partial charge in [-0.2, -0.15) is 4.98 Å². The molecule has 22 heavy (non-hydrogen) atoms. The second-order valence-corrected chi connectivity index (χ2v) is 6.32. The third-order valence-electron chi connectivity index (χ3n) is 4.51. The Kier molecular flexibility index (Phi) is 6.83. The van der Waals surface area contributed by atoms with Crippen LogP contribution in [0, 0.1) is 5.92 Å². The SMILES string of the molecule is NCCc1noc(C(CCCC2CCCCC2)CC(=O)O)n1. The Morgan fingerprint density at radius 2 is 2.14 bits per heavy atom. The Balaban J connectivity index is 1.86. The molecule has 1 fully saturated rings. The molecular weight excluding hydrogens is 282 g/mol. The summed E-state index contributed by atoms with van der Waals surface area (Å²) in [5.74, 6) is 0.839. The summed E-state index contributed by atoms with van der Waals surface area (Å²) in [7, 11) is 0. The van der Waals surface area contributed by atoms with Gasteiger partial charge in [0.1, 0.15) is 0 Å². The Labute approximate surface area is 131 Å². The molecule has 6 heteroatoms. The molecule has 1 aliphatic rings. The Bertz CT molecular complexity index is 455. The molecule has 1 aromatic rings. The molecule has 3 N–H and O–H groups in total. The first-order valence-electron chi connectivity index (χ1n) is 8.43. The van der Waals surface area contributed by atoms with Crippen molar-refractivity contribution in [3.05, 3.63) is 11.7 Å². The van der Waals surface area contributed by atoms with Gasteiger partial charge in [-0.15, -0.1) is 0 Å². The molecule has 0 saturated heterocycles. The highest BCUT2D eigenvalue weighted by molar-refractivity contribution is 5.67. The van der Waals surface area contributed by atoms with Crippen LogP contribution in [0.25, 0.3) is 0 Å². The number of carboxylic acid groups (broad SMARTS) is 1. The number of carbonyl (C=O) groups is 1. The van der Waals surface area contributed by atoms with Crippen molar-refractivity contribution in [2.45, 2.75) is 70.1 Å². The lowest BCUT2D eigenvalue weighted by Gasteiger charge is -2.21. The van der Waals surface area contributed by atoms with Crippen LogP contribution in [0.15, 0.2) is 4.52 Å². The molecule has 1 aromatic heterocycles. The maximum Gasteiger partial charge on any atom is 0.304 e. The van der Waals surface area contributed by atoms with Crippen molar-refractivity contribution in [1.29, 1.82) is 0 Å². The maximum atomic E-state index is 11.1. The lowest BCUT2D eigenvalue weighted by atomic mass is 9.84. The Morgan fingerprint density at radius 1 is 1.36 bits per heavy atom. The third kappa shape index (κ3) is 5.40. The second-order valence-electron chi connectivity index (χ2n) is 6.32. The van der Waals surface area contributed by atoms with E-state index >= 15 is 0 Å². The minimum Gasteiger partial charge on any atom is -0.481 e. The molecule has 0 bridgehead atoms. The highest BCUT2D eigenvalue weighted by Crippen LogP contribution is 2.31. The molecule has 0 spiro atoms. The van der Waals surface area contributed by atoms with Crippen LogP contribution in [0.3, 0.4) is 0 Å². The normalized spacial score (nSPS) is 17.5. The van der Waals surface area contributed by atoms with E-state index in [1.54, 1.807) is 0 Å². The van der Waals surface area contributed by atoms with Crippen LogP contribution in [0.4, 0.5) is 0 Å². The second kappa shape index (κ2) is 8.88. The number of carboxylic acids is 1. The van der Waals surface area contributed by atoms with E-state index < -0.39 is 5.97 Å². The van der Waals surface area contributed by atoms with Crippen molar-refractivity contribution in [2.24, 2.45) is 11.7 Å². The van der Waals surface area contributed by atoms with Crippen molar-refractivity contribution in [3.63, 3.8) is 0 Å². The minimum absolute atomic E-state index is 0.0505. The molecule has 6 nitrogen and oxygen atoms in total. The number of nitrogens with two attached hydrogens (primary N) is 1. The zero-order valence-corrected chi connectivity index (χ0v) is 13.2. The molecule has 1 unspecified atom stereocenters. The fourth-order valence-electron chi connectivity index (χ4n) is 3.32. The summed E-state index contributed by atoms with van der Waals surface area (Å²) < 4.78 is 5.24. The molecule has 0 aromatic carbocycles. The van der Waals surface area contributed by atoms with E-state index in [0.29, 0.717) is 24.7 Å². The number of hydrogen-bond acceptors (Lipinski definition) is 5. The third-order valence-corrected chi connectivity index (χ3v) is 4.51. The maximum absolute atomic E-state index is 11.1. The van der Waals surface area contributed by atoms with Gasteiger partial charge in [0, 0.05) is 12.3 Å². The molecule has 1 saturated carbocycles. The number of hydrogen-bond donors (Lipinski definition) is 2. The largest absolute Gasteiger partial charge is 0.481 e. The highest BCUT2D eigenvalue weighted by atomic mass is 16.5. The first-order valence-corrected chi connectivity index (χ1v) is 8.43. The van der Waals surface area contributed by atoms with Gasteiger partial charge in [0.25, 0.3) is 0 Å². The van der Waals surface area contributed by atoms with E-state index in [1.165, 1.54) is 38.5 Å². The van der Waals surface area contributed by atoms with Crippen LogP contribution < -0.4 is 5.73 Å². The first-order chi connectivity index (χ1) is 10.7. The molecule has 0 aliphatic heterocycles. The van der Waals surface area contributed by atoms with Crippen LogP contribution in [0.2, 0.25) is 0 Å². The van der Waals surface area contributed by atoms with Crippen molar-refractivity contribution < 1.29 is 14.4 Å². The molecule has 2 rings (SSSR count). The smallest absolute Gasteiger partial charge is 0.304 e. The van der Waals surface area contributed by atoms with Crippen LogP contribution in [-0.2, 0) is 11.2 Å². The molecule has 0 radical (unpaired) electrons. The van der Waals surface area contributed by atoms with Crippen molar-refractivity contribution >= 4 is 5.97 Å². The van der Waals surface area contributed by atoms with Gasteiger partial charge < -0.3 is 15.4 Å². The van der Waals surface area contributed by atoms with Crippen molar-refractivity contribution in [3.8, 4) is 0 Å². The summed E-state index contributed by atoms with van der Waals surface area (Å²) in [4.78, 5) is 15.4. The molecular formula is C16H27N3O3. The summed E-state index contributed by atoms with van der Waals surface area (Å²) in [5.41, 5.74) is 5.47. The number of aromatic nitrogens is 2. The van der Waals surface area contributed by atoms with E-state index in [1.807, 2.05) is 0 Å². The monoisotopic (exact) mass is 309 g/mol. The zero-order valence-electron chi connectivity index (χ0n) is 13.2. The molecule has 1 heterocycles. The average Bonchev–Trinajstić information content (AvgIpc) is 2.96. The van der Waals surface area contributed by atoms with E-state index in [2.05, 4.69) is 10.1 Å². The van der Waals surface area contributed by atoms with Gasteiger partial charge in [0.15, 0.2) is 5.82 Å².